The number of carbonyl (C=O) groups is 1. The van der Waals surface area contributed by atoms with Gasteiger partial charge in [0.05, 0.1) is 10.2 Å². The highest BCUT2D eigenvalue weighted by atomic mass is 35.5. The number of thiophene rings is 1. The zero-order chi connectivity index (χ0) is 21.5. The van der Waals surface area contributed by atoms with Crippen molar-refractivity contribution in [3.8, 4) is 10.6 Å². The lowest BCUT2D eigenvalue weighted by Gasteiger charge is -2.25. The Morgan fingerprint density at radius 3 is 2.69 bits per heavy atom. The Hall–Kier alpha value is -2.25. The minimum absolute atomic E-state index is 0. The lowest BCUT2D eigenvalue weighted by molar-refractivity contribution is 0.102. The highest BCUT2D eigenvalue weighted by molar-refractivity contribution is 7.23. The van der Waals surface area contributed by atoms with Crippen LogP contribution in [0.2, 0.25) is 0 Å². The molecule has 0 saturated carbocycles. The molecular formula is C25H26ClN3OS2. The molecule has 32 heavy (non-hydrogen) atoms. The van der Waals surface area contributed by atoms with Crippen LogP contribution < -0.4 is 5.32 Å². The van der Waals surface area contributed by atoms with E-state index in [4.69, 9.17) is 4.98 Å². The molecule has 0 spiro atoms. The van der Waals surface area contributed by atoms with Crippen molar-refractivity contribution in [1.29, 1.82) is 0 Å². The van der Waals surface area contributed by atoms with Gasteiger partial charge in [-0.25, -0.2) is 4.98 Å². The number of carbonyl (C=O) groups excluding carboxylic acids is 1. The van der Waals surface area contributed by atoms with Crippen molar-refractivity contribution in [3.05, 3.63) is 69.6 Å². The van der Waals surface area contributed by atoms with E-state index in [0.29, 0.717) is 5.56 Å². The molecule has 0 bridgehead atoms. The summed E-state index contributed by atoms with van der Waals surface area (Å²) in [7, 11) is 0. The molecule has 166 valence electrons. The lowest BCUT2D eigenvalue weighted by atomic mass is 10.0. The monoisotopic (exact) mass is 483 g/mol. The number of amides is 1. The van der Waals surface area contributed by atoms with Crippen LogP contribution in [-0.2, 0) is 13.0 Å². The van der Waals surface area contributed by atoms with E-state index >= 15 is 0 Å². The number of para-hydroxylation sites is 1. The average Bonchev–Trinajstić information content (AvgIpc) is 3.35. The van der Waals surface area contributed by atoms with Crippen molar-refractivity contribution < 1.29 is 4.79 Å². The summed E-state index contributed by atoms with van der Waals surface area (Å²) in [6.07, 6.45) is 0.991. The summed E-state index contributed by atoms with van der Waals surface area (Å²) in [5.74, 6) is -0.0589. The summed E-state index contributed by atoms with van der Waals surface area (Å²) < 4.78 is 1.18. The molecule has 2 aromatic heterocycles. The first-order valence-corrected chi connectivity index (χ1v) is 12.3. The van der Waals surface area contributed by atoms with Gasteiger partial charge in [0, 0.05) is 29.1 Å². The quantitative estimate of drug-likeness (QED) is 0.351. The maximum absolute atomic E-state index is 13.1. The molecular weight excluding hydrogens is 458 g/mol. The molecule has 0 saturated heterocycles. The molecule has 4 aromatic rings. The van der Waals surface area contributed by atoms with E-state index in [0.717, 1.165) is 52.7 Å². The van der Waals surface area contributed by atoms with E-state index in [-0.39, 0.29) is 18.3 Å². The van der Waals surface area contributed by atoms with Gasteiger partial charge >= 0.3 is 0 Å². The van der Waals surface area contributed by atoms with Crippen molar-refractivity contribution in [1.82, 2.24) is 9.88 Å². The van der Waals surface area contributed by atoms with Crippen LogP contribution in [0.5, 0.6) is 0 Å². The predicted molar refractivity (Wildman–Crippen MR) is 139 cm³/mol. The number of fused-ring (bicyclic) bond motifs is 2. The van der Waals surface area contributed by atoms with E-state index in [1.165, 1.54) is 20.7 Å². The molecule has 0 atom stereocenters. The Kier molecular flexibility index (Phi) is 6.67. The fourth-order valence-electron chi connectivity index (χ4n) is 4.08. The van der Waals surface area contributed by atoms with E-state index in [2.05, 4.69) is 42.3 Å². The zero-order valence-corrected chi connectivity index (χ0v) is 20.8. The number of thiazole rings is 1. The first kappa shape index (κ1) is 22.9. The fraction of sp³-hybridized carbons (Fsp3) is 0.280. The van der Waals surface area contributed by atoms with Crippen LogP contribution in [0.25, 0.3) is 20.8 Å². The second kappa shape index (κ2) is 9.32. The maximum atomic E-state index is 13.1. The number of benzene rings is 2. The number of aromatic nitrogens is 1. The Morgan fingerprint density at radius 2 is 1.94 bits per heavy atom. The lowest BCUT2D eigenvalue weighted by Crippen LogP contribution is -2.29. The van der Waals surface area contributed by atoms with Crippen molar-refractivity contribution in [3.63, 3.8) is 0 Å². The van der Waals surface area contributed by atoms with Crippen molar-refractivity contribution in [2.24, 2.45) is 0 Å². The van der Waals surface area contributed by atoms with E-state index in [1.54, 1.807) is 22.7 Å². The summed E-state index contributed by atoms with van der Waals surface area (Å²) in [5.41, 5.74) is 6.50. The highest BCUT2D eigenvalue weighted by Crippen LogP contribution is 2.45. The summed E-state index contributed by atoms with van der Waals surface area (Å²) >= 11 is 3.42. The van der Waals surface area contributed by atoms with Crippen LogP contribution in [-0.4, -0.2) is 28.9 Å². The fourth-order valence-corrected chi connectivity index (χ4v) is 6.47. The van der Waals surface area contributed by atoms with E-state index in [1.807, 2.05) is 31.2 Å². The topological polar surface area (TPSA) is 45.2 Å². The summed E-state index contributed by atoms with van der Waals surface area (Å²) in [4.78, 5) is 21.9. The highest BCUT2D eigenvalue weighted by Gasteiger charge is 2.27. The second-order valence-corrected chi connectivity index (χ2v) is 10.2. The Bertz CT molecular complexity index is 1260. The molecule has 0 aliphatic carbocycles. The number of halogens is 1. The molecule has 0 fully saturated rings. The first-order valence-electron chi connectivity index (χ1n) is 10.6. The molecule has 4 nitrogen and oxygen atoms in total. The van der Waals surface area contributed by atoms with Gasteiger partial charge < -0.3 is 5.32 Å². The third-order valence-corrected chi connectivity index (χ3v) is 8.27. The van der Waals surface area contributed by atoms with Crippen LogP contribution in [0.4, 0.5) is 5.00 Å². The third-order valence-electron chi connectivity index (χ3n) is 6.09. The molecule has 0 radical (unpaired) electrons. The number of likely N-dealkylation sites (N-methyl/N-ethyl adjacent to an activating group) is 1. The minimum Gasteiger partial charge on any atom is -0.313 e. The van der Waals surface area contributed by atoms with Crippen LogP contribution in [0.3, 0.4) is 0 Å². The van der Waals surface area contributed by atoms with Gasteiger partial charge in [-0.05, 0) is 67.8 Å². The smallest absolute Gasteiger partial charge is 0.256 e. The van der Waals surface area contributed by atoms with E-state index in [9.17, 15) is 4.79 Å². The normalized spacial score (nSPS) is 13.6. The van der Waals surface area contributed by atoms with Crippen LogP contribution >= 0.6 is 35.1 Å². The van der Waals surface area contributed by atoms with Gasteiger partial charge in [0.2, 0.25) is 0 Å². The van der Waals surface area contributed by atoms with Gasteiger partial charge in [0.1, 0.15) is 10.0 Å². The number of hydrogen-bond acceptors (Lipinski definition) is 5. The molecule has 2 aromatic carbocycles. The SMILES string of the molecule is CCN1CCc2c(sc(NC(=O)c3ccc(C)c(C)c3)c2-c2nc3ccccc3s2)C1.Cl. The van der Waals surface area contributed by atoms with Crippen LogP contribution in [0.1, 0.15) is 38.8 Å². The number of hydrogen-bond donors (Lipinski definition) is 1. The van der Waals surface area contributed by atoms with Crippen molar-refractivity contribution in [2.45, 2.75) is 33.7 Å². The summed E-state index contributed by atoms with van der Waals surface area (Å²) in [6, 6.07) is 14.1. The Balaban J connectivity index is 0.00000245. The predicted octanol–water partition coefficient (Wildman–Crippen LogP) is 6.69. The first-order chi connectivity index (χ1) is 15.0. The number of nitrogens with zero attached hydrogens (tertiary/aromatic N) is 2. The molecule has 7 heteroatoms. The third kappa shape index (κ3) is 4.20. The van der Waals surface area contributed by atoms with Crippen LogP contribution in [0, 0.1) is 13.8 Å². The molecule has 0 unspecified atom stereocenters. The van der Waals surface area contributed by atoms with E-state index < -0.39 is 0 Å². The Morgan fingerprint density at radius 1 is 1.12 bits per heavy atom. The molecule has 1 amide bonds. The molecule has 1 aliphatic heterocycles. The standard InChI is InChI=1S/C25H25N3OS2.ClH/c1-4-28-12-11-18-21(14-28)31-25(27-23(29)17-10-9-15(2)16(3)13-17)22(18)24-26-19-7-5-6-8-20(19)30-24;/h5-10,13H,4,11-12,14H2,1-3H3,(H,27,29);1H. The summed E-state index contributed by atoms with van der Waals surface area (Å²) in [5, 5.41) is 5.15. The number of aryl methyl sites for hydroxylation is 2. The number of rotatable bonds is 4. The molecule has 3 heterocycles. The van der Waals surface area contributed by atoms with Gasteiger partial charge in [0.25, 0.3) is 5.91 Å². The van der Waals surface area contributed by atoms with Crippen molar-refractivity contribution >= 4 is 56.2 Å². The second-order valence-electron chi connectivity index (χ2n) is 8.07. The van der Waals surface area contributed by atoms with Crippen LogP contribution in [0.15, 0.2) is 42.5 Å². The average molecular weight is 484 g/mol. The minimum atomic E-state index is -0.0589. The van der Waals surface area contributed by atoms with Gasteiger partial charge in [-0.2, -0.15) is 0 Å². The van der Waals surface area contributed by atoms with Gasteiger partial charge in [-0.15, -0.1) is 35.1 Å². The van der Waals surface area contributed by atoms with Gasteiger partial charge in [0.15, 0.2) is 0 Å². The largest absolute Gasteiger partial charge is 0.313 e. The zero-order valence-electron chi connectivity index (χ0n) is 18.4. The number of anilines is 1. The van der Waals surface area contributed by atoms with Gasteiger partial charge in [-0.1, -0.05) is 25.1 Å². The molecule has 1 N–H and O–H groups in total. The maximum Gasteiger partial charge on any atom is 0.256 e. The number of nitrogens with one attached hydrogen (secondary N) is 1. The molecule has 1 aliphatic rings. The Labute approximate surface area is 202 Å². The van der Waals surface area contributed by atoms with Crippen molar-refractivity contribution in [2.75, 3.05) is 18.4 Å². The molecule has 5 rings (SSSR count). The van der Waals surface area contributed by atoms with Gasteiger partial charge in [-0.3, -0.25) is 9.69 Å². The summed E-state index contributed by atoms with van der Waals surface area (Å²) in [6.45, 7) is 9.33.